The predicted molar refractivity (Wildman–Crippen MR) is 86.0 cm³/mol. The maximum absolute atomic E-state index is 13.2. The molecule has 0 saturated carbocycles. The third kappa shape index (κ3) is 4.96. The topological polar surface area (TPSA) is 70.6 Å². The highest BCUT2D eigenvalue weighted by Crippen LogP contribution is 2.18. The fraction of sp³-hybridized carbons (Fsp3) is 0.235. The molecule has 0 spiro atoms. The summed E-state index contributed by atoms with van der Waals surface area (Å²) in [6.07, 6.45) is 0. The molecule has 0 aliphatic rings. The van der Waals surface area contributed by atoms with Crippen molar-refractivity contribution < 1.29 is 19.0 Å². The second-order valence-corrected chi connectivity index (χ2v) is 4.95. The predicted octanol–water partition coefficient (Wildman–Crippen LogP) is 2.83. The lowest BCUT2D eigenvalue weighted by atomic mass is 10.2. The highest BCUT2D eigenvalue weighted by atomic mass is 19.1. The van der Waals surface area contributed by atoms with Gasteiger partial charge in [0, 0.05) is 17.8 Å². The monoisotopic (exact) mass is 318 g/mol. The van der Waals surface area contributed by atoms with Crippen LogP contribution in [0.3, 0.4) is 0 Å². The first kappa shape index (κ1) is 16.8. The van der Waals surface area contributed by atoms with Gasteiger partial charge in [0.05, 0.1) is 6.61 Å². The van der Waals surface area contributed by atoms with E-state index in [1.807, 2.05) is 18.2 Å². The fourth-order valence-electron chi connectivity index (χ4n) is 2.02. The van der Waals surface area contributed by atoms with E-state index in [0.29, 0.717) is 17.0 Å². The van der Waals surface area contributed by atoms with Crippen molar-refractivity contribution in [3.63, 3.8) is 0 Å². The van der Waals surface area contributed by atoms with Gasteiger partial charge < -0.3 is 20.5 Å². The number of aliphatic hydroxyl groups is 1. The van der Waals surface area contributed by atoms with E-state index in [1.165, 1.54) is 12.1 Å². The van der Waals surface area contributed by atoms with E-state index in [1.54, 1.807) is 19.1 Å². The summed E-state index contributed by atoms with van der Waals surface area (Å²) in [5.74, 6) is 0.297. The molecule has 3 N–H and O–H groups in total. The second kappa shape index (κ2) is 8.14. The van der Waals surface area contributed by atoms with Crippen LogP contribution >= 0.6 is 0 Å². The van der Waals surface area contributed by atoms with Gasteiger partial charge in [-0.15, -0.1) is 0 Å². The normalized spacial score (nSPS) is 10.2. The van der Waals surface area contributed by atoms with Gasteiger partial charge in [-0.3, -0.25) is 0 Å². The number of carbonyl (C=O) groups excluding carboxylic acids is 1. The number of urea groups is 1. The molecule has 0 unspecified atom stereocenters. The first-order valence-corrected chi connectivity index (χ1v) is 7.22. The molecule has 0 aliphatic carbocycles. The fourth-order valence-corrected chi connectivity index (χ4v) is 2.02. The van der Waals surface area contributed by atoms with E-state index in [-0.39, 0.29) is 25.6 Å². The lowest BCUT2D eigenvalue weighted by Gasteiger charge is -2.12. The van der Waals surface area contributed by atoms with E-state index in [9.17, 15) is 9.18 Å². The number of hydrogen-bond donors (Lipinski definition) is 3. The zero-order valence-corrected chi connectivity index (χ0v) is 12.8. The van der Waals surface area contributed by atoms with Gasteiger partial charge in [0.15, 0.2) is 0 Å². The standard InChI is InChI=1S/C17H19FN2O3/c1-12-10-14(6-7-15(12)18)20-17(22)19-11-13-4-2-3-5-16(13)23-9-8-21/h2-7,10,21H,8-9,11H2,1H3,(H2,19,20,22). The molecule has 2 rings (SSSR count). The maximum atomic E-state index is 13.2. The number of rotatable bonds is 6. The number of hydrogen-bond acceptors (Lipinski definition) is 3. The van der Waals surface area contributed by atoms with Gasteiger partial charge in [-0.05, 0) is 36.8 Å². The summed E-state index contributed by atoms with van der Waals surface area (Å²) in [5.41, 5.74) is 1.78. The molecular formula is C17H19FN2O3. The Bertz CT molecular complexity index is 677. The molecule has 0 saturated heterocycles. The average molecular weight is 318 g/mol. The molecule has 2 amide bonds. The Kier molecular flexibility index (Phi) is 5.94. The minimum atomic E-state index is -0.395. The van der Waals surface area contributed by atoms with Crippen molar-refractivity contribution in [2.75, 3.05) is 18.5 Å². The zero-order chi connectivity index (χ0) is 16.7. The van der Waals surface area contributed by atoms with Gasteiger partial charge >= 0.3 is 6.03 Å². The van der Waals surface area contributed by atoms with Crippen molar-refractivity contribution in [2.45, 2.75) is 13.5 Å². The molecule has 5 nitrogen and oxygen atoms in total. The Labute approximate surface area is 134 Å². The molecule has 0 heterocycles. The van der Waals surface area contributed by atoms with Crippen molar-refractivity contribution in [1.29, 1.82) is 0 Å². The van der Waals surface area contributed by atoms with Crippen molar-refractivity contribution in [1.82, 2.24) is 5.32 Å². The van der Waals surface area contributed by atoms with Gasteiger partial charge in [-0.1, -0.05) is 18.2 Å². The molecule has 0 aliphatic heterocycles. The highest BCUT2D eigenvalue weighted by Gasteiger charge is 2.07. The molecule has 2 aromatic carbocycles. The largest absolute Gasteiger partial charge is 0.491 e. The van der Waals surface area contributed by atoms with Crippen LogP contribution in [0.1, 0.15) is 11.1 Å². The highest BCUT2D eigenvalue weighted by molar-refractivity contribution is 5.89. The van der Waals surface area contributed by atoms with Crippen LogP contribution in [-0.4, -0.2) is 24.4 Å². The van der Waals surface area contributed by atoms with Crippen LogP contribution in [-0.2, 0) is 6.54 Å². The average Bonchev–Trinajstić information content (AvgIpc) is 2.55. The van der Waals surface area contributed by atoms with Gasteiger partial charge in [-0.25, -0.2) is 9.18 Å². The summed E-state index contributed by atoms with van der Waals surface area (Å²) in [6.45, 7) is 2.02. The first-order chi connectivity index (χ1) is 11.1. The summed E-state index contributed by atoms with van der Waals surface area (Å²) >= 11 is 0. The van der Waals surface area contributed by atoms with Crippen molar-refractivity contribution >= 4 is 11.7 Å². The zero-order valence-electron chi connectivity index (χ0n) is 12.8. The van der Waals surface area contributed by atoms with Crippen LogP contribution in [0.2, 0.25) is 0 Å². The van der Waals surface area contributed by atoms with Gasteiger partial charge in [-0.2, -0.15) is 0 Å². The van der Waals surface area contributed by atoms with Crippen LogP contribution in [0.25, 0.3) is 0 Å². The lowest BCUT2D eigenvalue weighted by molar-refractivity contribution is 0.200. The van der Waals surface area contributed by atoms with Gasteiger partial charge in [0.25, 0.3) is 0 Å². The van der Waals surface area contributed by atoms with Crippen LogP contribution in [0.4, 0.5) is 14.9 Å². The van der Waals surface area contributed by atoms with E-state index in [4.69, 9.17) is 9.84 Å². The molecule has 0 radical (unpaired) electrons. The number of anilines is 1. The van der Waals surface area contributed by atoms with E-state index in [0.717, 1.165) is 5.56 Å². The summed E-state index contributed by atoms with van der Waals surface area (Å²) in [7, 11) is 0. The molecule has 0 aromatic heterocycles. The van der Waals surface area contributed by atoms with E-state index in [2.05, 4.69) is 10.6 Å². The molecule has 2 aromatic rings. The van der Waals surface area contributed by atoms with Crippen LogP contribution in [0.15, 0.2) is 42.5 Å². The molecule has 0 fully saturated rings. The Morgan fingerprint density at radius 3 is 2.78 bits per heavy atom. The van der Waals surface area contributed by atoms with Crippen molar-refractivity contribution in [3.8, 4) is 5.75 Å². The van der Waals surface area contributed by atoms with E-state index < -0.39 is 6.03 Å². The Morgan fingerprint density at radius 1 is 1.26 bits per heavy atom. The summed E-state index contributed by atoms with van der Waals surface area (Å²) in [4.78, 5) is 11.9. The molecule has 0 atom stereocenters. The summed E-state index contributed by atoms with van der Waals surface area (Å²) < 4.78 is 18.6. The Morgan fingerprint density at radius 2 is 2.04 bits per heavy atom. The van der Waals surface area contributed by atoms with Crippen LogP contribution in [0, 0.1) is 12.7 Å². The second-order valence-electron chi connectivity index (χ2n) is 4.95. The maximum Gasteiger partial charge on any atom is 0.319 e. The number of para-hydroxylation sites is 1. The number of ether oxygens (including phenoxy) is 1. The number of aliphatic hydroxyl groups excluding tert-OH is 1. The smallest absolute Gasteiger partial charge is 0.319 e. The van der Waals surface area contributed by atoms with Crippen molar-refractivity contribution in [2.24, 2.45) is 0 Å². The molecular weight excluding hydrogens is 299 g/mol. The third-order valence-corrected chi connectivity index (χ3v) is 3.18. The lowest BCUT2D eigenvalue weighted by Crippen LogP contribution is -2.28. The minimum absolute atomic E-state index is 0.0772. The SMILES string of the molecule is Cc1cc(NC(=O)NCc2ccccc2OCCO)ccc1F. The number of halogens is 1. The number of amides is 2. The summed E-state index contributed by atoms with van der Waals surface area (Å²) in [6, 6.07) is 11.2. The number of nitrogens with one attached hydrogen (secondary N) is 2. The van der Waals surface area contributed by atoms with E-state index >= 15 is 0 Å². The molecule has 122 valence electrons. The van der Waals surface area contributed by atoms with Gasteiger partial charge in [0.1, 0.15) is 18.2 Å². The Hall–Kier alpha value is -2.60. The van der Waals surface area contributed by atoms with Gasteiger partial charge in [0.2, 0.25) is 0 Å². The molecule has 23 heavy (non-hydrogen) atoms. The Balaban J connectivity index is 1.92. The first-order valence-electron chi connectivity index (χ1n) is 7.22. The number of aryl methyl sites for hydroxylation is 1. The van der Waals surface area contributed by atoms with Crippen LogP contribution < -0.4 is 15.4 Å². The summed E-state index contributed by atoms with van der Waals surface area (Å²) in [5, 5.41) is 14.2. The molecule has 6 heteroatoms. The number of carbonyl (C=O) groups is 1. The minimum Gasteiger partial charge on any atom is -0.491 e. The van der Waals surface area contributed by atoms with Crippen molar-refractivity contribution in [3.05, 3.63) is 59.4 Å². The van der Waals surface area contributed by atoms with Crippen LogP contribution in [0.5, 0.6) is 5.75 Å². The third-order valence-electron chi connectivity index (χ3n) is 3.18. The quantitative estimate of drug-likeness (QED) is 0.767. The number of benzene rings is 2. The molecule has 0 bridgehead atoms.